The smallest absolute Gasteiger partial charge is 0.211 e. The Morgan fingerprint density at radius 2 is 2.04 bits per heavy atom. The highest BCUT2D eigenvalue weighted by atomic mass is 32.1. The number of pyridine rings is 1. The highest BCUT2D eigenvalue weighted by Crippen LogP contribution is 2.29. The third-order valence-electron chi connectivity index (χ3n) is 4.53. The lowest BCUT2D eigenvalue weighted by atomic mass is 10.1. The summed E-state index contributed by atoms with van der Waals surface area (Å²) < 4.78 is 4.26. The minimum atomic E-state index is 0.0877. The van der Waals surface area contributed by atoms with Crippen LogP contribution < -0.4 is 0 Å². The molecule has 5 heteroatoms. The first-order valence-electron chi connectivity index (χ1n) is 8.79. The van der Waals surface area contributed by atoms with Crippen LogP contribution in [0, 0.1) is 0 Å². The van der Waals surface area contributed by atoms with Crippen LogP contribution in [-0.4, -0.2) is 19.9 Å². The zero-order chi connectivity index (χ0) is 17.4. The Labute approximate surface area is 150 Å². The molecule has 128 valence electrons. The van der Waals surface area contributed by atoms with Crippen molar-refractivity contribution in [2.75, 3.05) is 0 Å². The standard InChI is InChI=1S/C20H21N3OS/c1-3-9-22-13-16(15-6-5-8-21-19(15)22)18(24)17-12-14-7-11-25-20(14)23(17)10-4-2/h5-8,11-13H,3-4,9-10H2,1-2H3. The Morgan fingerprint density at radius 3 is 2.84 bits per heavy atom. The van der Waals surface area contributed by atoms with Gasteiger partial charge >= 0.3 is 0 Å². The lowest BCUT2D eigenvalue weighted by Gasteiger charge is -2.07. The highest BCUT2D eigenvalue weighted by molar-refractivity contribution is 7.16. The number of fused-ring (bicyclic) bond motifs is 2. The molecule has 4 rings (SSSR count). The van der Waals surface area contributed by atoms with Gasteiger partial charge in [0.2, 0.25) is 5.78 Å². The van der Waals surface area contributed by atoms with Crippen molar-refractivity contribution >= 4 is 38.4 Å². The van der Waals surface area contributed by atoms with Crippen LogP contribution in [-0.2, 0) is 13.1 Å². The number of rotatable bonds is 6. The summed E-state index contributed by atoms with van der Waals surface area (Å²) in [5.41, 5.74) is 2.42. The summed E-state index contributed by atoms with van der Waals surface area (Å²) in [6.45, 7) is 6.00. The zero-order valence-electron chi connectivity index (χ0n) is 14.5. The van der Waals surface area contributed by atoms with Crippen LogP contribution >= 0.6 is 11.3 Å². The lowest BCUT2D eigenvalue weighted by Crippen LogP contribution is -2.09. The van der Waals surface area contributed by atoms with E-state index >= 15 is 0 Å². The molecule has 0 amide bonds. The molecule has 0 atom stereocenters. The monoisotopic (exact) mass is 351 g/mol. The normalized spacial score (nSPS) is 11.6. The van der Waals surface area contributed by atoms with Crippen molar-refractivity contribution < 1.29 is 4.79 Å². The van der Waals surface area contributed by atoms with Gasteiger partial charge in [0.15, 0.2) is 0 Å². The molecule has 0 bridgehead atoms. The van der Waals surface area contributed by atoms with E-state index < -0.39 is 0 Å². The quantitative estimate of drug-likeness (QED) is 0.453. The van der Waals surface area contributed by atoms with E-state index in [2.05, 4.69) is 39.4 Å². The second-order valence-corrected chi connectivity index (χ2v) is 7.20. The maximum atomic E-state index is 13.4. The molecular weight excluding hydrogens is 330 g/mol. The fourth-order valence-corrected chi connectivity index (χ4v) is 4.39. The van der Waals surface area contributed by atoms with E-state index in [1.807, 2.05) is 24.4 Å². The van der Waals surface area contributed by atoms with Gasteiger partial charge in [-0.15, -0.1) is 11.3 Å². The maximum absolute atomic E-state index is 13.4. The number of nitrogens with zero attached hydrogens (tertiary/aromatic N) is 3. The van der Waals surface area contributed by atoms with Gasteiger partial charge in [-0.05, 0) is 42.5 Å². The number of carbonyl (C=O) groups is 1. The van der Waals surface area contributed by atoms with Gasteiger partial charge in [-0.25, -0.2) is 4.98 Å². The Hall–Kier alpha value is -2.40. The van der Waals surface area contributed by atoms with Gasteiger partial charge in [-0.3, -0.25) is 4.79 Å². The van der Waals surface area contributed by atoms with Gasteiger partial charge in [0.1, 0.15) is 10.5 Å². The average Bonchev–Trinajstić information content (AvgIpc) is 3.30. The number of aryl methyl sites for hydroxylation is 2. The Bertz CT molecular complexity index is 1050. The molecule has 0 saturated heterocycles. The average molecular weight is 351 g/mol. The van der Waals surface area contributed by atoms with Gasteiger partial charge in [0, 0.05) is 36.3 Å². The van der Waals surface area contributed by atoms with Crippen molar-refractivity contribution in [3.63, 3.8) is 0 Å². The van der Waals surface area contributed by atoms with E-state index in [-0.39, 0.29) is 5.78 Å². The molecular formula is C20H21N3OS. The van der Waals surface area contributed by atoms with Crippen molar-refractivity contribution in [3.05, 3.63) is 53.3 Å². The molecule has 4 aromatic rings. The van der Waals surface area contributed by atoms with Crippen molar-refractivity contribution in [2.24, 2.45) is 0 Å². The van der Waals surface area contributed by atoms with Crippen molar-refractivity contribution in [3.8, 4) is 0 Å². The Balaban J connectivity index is 1.88. The topological polar surface area (TPSA) is 39.8 Å². The molecule has 0 aliphatic carbocycles. The van der Waals surface area contributed by atoms with Crippen LogP contribution in [0.25, 0.3) is 21.3 Å². The molecule has 0 spiro atoms. The fourth-order valence-electron chi connectivity index (χ4n) is 3.46. The molecule has 0 saturated carbocycles. The number of hydrogen-bond donors (Lipinski definition) is 0. The van der Waals surface area contributed by atoms with E-state index in [0.29, 0.717) is 0 Å². The minimum absolute atomic E-state index is 0.0877. The first-order valence-corrected chi connectivity index (χ1v) is 9.67. The van der Waals surface area contributed by atoms with Crippen LogP contribution in [0.3, 0.4) is 0 Å². The van der Waals surface area contributed by atoms with Crippen molar-refractivity contribution in [1.82, 2.24) is 14.1 Å². The summed E-state index contributed by atoms with van der Waals surface area (Å²) in [5.74, 6) is 0.0877. The maximum Gasteiger partial charge on any atom is 0.211 e. The molecule has 0 aliphatic rings. The number of ketones is 1. The van der Waals surface area contributed by atoms with E-state index in [4.69, 9.17) is 0 Å². The van der Waals surface area contributed by atoms with Gasteiger partial charge in [-0.2, -0.15) is 0 Å². The molecule has 0 aromatic carbocycles. The van der Waals surface area contributed by atoms with E-state index in [9.17, 15) is 4.79 Å². The van der Waals surface area contributed by atoms with Crippen LogP contribution in [0.2, 0.25) is 0 Å². The summed E-state index contributed by atoms with van der Waals surface area (Å²) in [5, 5.41) is 4.17. The summed E-state index contributed by atoms with van der Waals surface area (Å²) >= 11 is 1.70. The second kappa shape index (κ2) is 6.48. The van der Waals surface area contributed by atoms with Gasteiger partial charge in [0.05, 0.1) is 11.3 Å². The summed E-state index contributed by atoms with van der Waals surface area (Å²) in [6.07, 6.45) is 5.77. The van der Waals surface area contributed by atoms with Crippen LogP contribution in [0.1, 0.15) is 42.7 Å². The predicted octanol–water partition coefficient (Wildman–Crippen LogP) is 5.10. The van der Waals surface area contributed by atoms with E-state index in [0.717, 1.165) is 53.6 Å². The van der Waals surface area contributed by atoms with Gasteiger partial charge in [-0.1, -0.05) is 13.8 Å². The van der Waals surface area contributed by atoms with Crippen molar-refractivity contribution in [1.29, 1.82) is 0 Å². The molecule has 0 radical (unpaired) electrons. The summed E-state index contributed by atoms with van der Waals surface area (Å²) in [6, 6.07) is 8.02. The molecule has 0 fully saturated rings. The molecule has 4 aromatic heterocycles. The van der Waals surface area contributed by atoms with Crippen LogP contribution in [0.4, 0.5) is 0 Å². The molecule has 0 unspecified atom stereocenters. The SMILES string of the molecule is CCCn1cc(C(=O)c2cc3ccsc3n2CCC)c2cccnc21. The second-order valence-electron chi connectivity index (χ2n) is 6.30. The largest absolute Gasteiger partial charge is 0.332 e. The van der Waals surface area contributed by atoms with Gasteiger partial charge in [0.25, 0.3) is 0 Å². The molecule has 4 heterocycles. The summed E-state index contributed by atoms with van der Waals surface area (Å²) in [4.78, 5) is 19.1. The molecule has 0 N–H and O–H groups in total. The third-order valence-corrected chi connectivity index (χ3v) is 5.48. The van der Waals surface area contributed by atoms with E-state index in [1.54, 1.807) is 17.5 Å². The number of carbonyl (C=O) groups excluding carboxylic acids is 1. The minimum Gasteiger partial charge on any atom is -0.332 e. The first kappa shape index (κ1) is 16.1. The fraction of sp³-hybridized carbons (Fsp3) is 0.300. The van der Waals surface area contributed by atoms with Crippen LogP contribution in [0.15, 0.2) is 42.0 Å². The van der Waals surface area contributed by atoms with Crippen molar-refractivity contribution in [2.45, 2.75) is 39.8 Å². The number of aromatic nitrogens is 3. The molecule has 0 aliphatic heterocycles. The first-order chi connectivity index (χ1) is 12.2. The summed E-state index contributed by atoms with van der Waals surface area (Å²) in [7, 11) is 0. The highest BCUT2D eigenvalue weighted by Gasteiger charge is 2.22. The predicted molar refractivity (Wildman–Crippen MR) is 104 cm³/mol. The van der Waals surface area contributed by atoms with Gasteiger partial charge < -0.3 is 9.13 Å². The zero-order valence-corrected chi connectivity index (χ0v) is 15.3. The van der Waals surface area contributed by atoms with Crippen LogP contribution in [0.5, 0.6) is 0 Å². The number of hydrogen-bond acceptors (Lipinski definition) is 3. The Kier molecular flexibility index (Phi) is 4.17. The molecule has 4 nitrogen and oxygen atoms in total. The third kappa shape index (κ3) is 2.59. The Morgan fingerprint density at radius 1 is 1.20 bits per heavy atom. The van der Waals surface area contributed by atoms with E-state index in [1.165, 1.54) is 4.83 Å². The molecule has 25 heavy (non-hydrogen) atoms. The lowest BCUT2D eigenvalue weighted by molar-refractivity contribution is 0.103. The number of thiophene rings is 1.